The maximum atomic E-state index is 5.91. The number of nitrogens with zero attached hydrogens (tertiary/aromatic N) is 1. The van der Waals surface area contributed by atoms with E-state index in [2.05, 4.69) is 43.0 Å². The molecule has 1 aliphatic rings. The Kier molecular flexibility index (Phi) is 4.02. The predicted molar refractivity (Wildman–Crippen MR) is 71.4 cm³/mol. The second kappa shape index (κ2) is 5.52. The second-order valence-corrected chi connectivity index (χ2v) is 4.93. The molecule has 3 heteroatoms. The Bertz CT molecular complexity index is 365. The molecule has 0 aliphatic carbocycles. The van der Waals surface area contributed by atoms with Gasteiger partial charge in [-0.05, 0) is 31.9 Å². The van der Waals surface area contributed by atoms with Gasteiger partial charge < -0.3 is 15.4 Å². The van der Waals surface area contributed by atoms with Crippen molar-refractivity contribution < 1.29 is 4.74 Å². The summed E-state index contributed by atoms with van der Waals surface area (Å²) in [6.07, 6.45) is 0.931. The number of rotatable bonds is 3. The van der Waals surface area contributed by atoms with Crippen molar-refractivity contribution in [3.05, 3.63) is 29.8 Å². The van der Waals surface area contributed by atoms with Crippen LogP contribution >= 0.6 is 0 Å². The Labute approximate surface area is 104 Å². The predicted octanol–water partition coefficient (Wildman–Crippen LogP) is 1.80. The van der Waals surface area contributed by atoms with Crippen molar-refractivity contribution in [2.45, 2.75) is 32.4 Å². The van der Waals surface area contributed by atoms with Gasteiger partial charge in [-0.15, -0.1) is 0 Å². The molecular weight excluding hydrogens is 212 g/mol. The number of para-hydroxylation sites is 1. The fraction of sp³-hybridized carbons (Fsp3) is 0.571. The fourth-order valence-corrected chi connectivity index (χ4v) is 2.40. The van der Waals surface area contributed by atoms with Crippen LogP contribution in [0.3, 0.4) is 0 Å². The quantitative estimate of drug-likeness (QED) is 0.866. The molecule has 1 aliphatic heterocycles. The van der Waals surface area contributed by atoms with E-state index in [0.29, 0.717) is 6.04 Å². The van der Waals surface area contributed by atoms with Gasteiger partial charge in [0.1, 0.15) is 0 Å². The van der Waals surface area contributed by atoms with Gasteiger partial charge in [0.25, 0.3) is 0 Å². The van der Waals surface area contributed by atoms with Crippen LogP contribution in [0.4, 0.5) is 5.69 Å². The summed E-state index contributed by atoms with van der Waals surface area (Å²) in [6.45, 7) is 6.86. The van der Waals surface area contributed by atoms with Crippen LogP contribution in [0.1, 0.15) is 19.4 Å². The maximum absolute atomic E-state index is 5.91. The lowest BCUT2D eigenvalue weighted by molar-refractivity contribution is 0.0988. The van der Waals surface area contributed by atoms with E-state index < -0.39 is 0 Å². The Hall–Kier alpha value is -1.06. The molecule has 2 atom stereocenters. The highest BCUT2D eigenvalue weighted by atomic mass is 16.5. The molecule has 2 N–H and O–H groups in total. The first-order valence-corrected chi connectivity index (χ1v) is 6.36. The number of benzene rings is 1. The Morgan fingerprint density at radius 1 is 1.47 bits per heavy atom. The zero-order valence-electron chi connectivity index (χ0n) is 10.7. The van der Waals surface area contributed by atoms with Gasteiger partial charge >= 0.3 is 0 Å². The molecular formula is C14H22N2O. The summed E-state index contributed by atoms with van der Waals surface area (Å²) < 4.78 is 5.49. The topological polar surface area (TPSA) is 38.5 Å². The zero-order valence-corrected chi connectivity index (χ0v) is 10.7. The lowest BCUT2D eigenvalue weighted by Gasteiger charge is -2.36. The molecule has 1 aromatic carbocycles. The third kappa shape index (κ3) is 2.99. The third-order valence-electron chi connectivity index (χ3n) is 3.21. The molecule has 1 saturated heterocycles. The molecule has 1 heterocycles. The first-order valence-electron chi connectivity index (χ1n) is 6.36. The van der Waals surface area contributed by atoms with E-state index in [1.807, 2.05) is 0 Å². The van der Waals surface area contributed by atoms with Crippen LogP contribution in [0.15, 0.2) is 24.3 Å². The molecule has 0 saturated carbocycles. The molecule has 2 rings (SSSR count). The number of anilines is 1. The van der Waals surface area contributed by atoms with Crippen molar-refractivity contribution in [2.24, 2.45) is 5.73 Å². The molecule has 0 amide bonds. The number of hydrogen-bond donors (Lipinski definition) is 1. The lowest BCUT2D eigenvalue weighted by atomic mass is 10.0. The third-order valence-corrected chi connectivity index (χ3v) is 3.21. The summed E-state index contributed by atoms with van der Waals surface area (Å²) in [5.41, 5.74) is 8.58. The molecule has 17 heavy (non-hydrogen) atoms. The lowest BCUT2D eigenvalue weighted by Crippen LogP contribution is -2.44. The van der Waals surface area contributed by atoms with Crippen LogP contribution in [0, 0.1) is 0 Å². The molecule has 0 radical (unpaired) electrons. The van der Waals surface area contributed by atoms with Crippen LogP contribution < -0.4 is 10.6 Å². The standard InChI is InChI=1S/C14H22N2O/c1-11(15)9-13-5-3-4-6-14(13)16-7-8-17-10-12(16)2/h3-6,11-12H,7-10,15H2,1-2H3. The number of hydrogen-bond acceptors (Lipinski definition) is 3. The smallest absolute Gasteiger partial charge is 0.0668 e. The van der Waals surface area contributed by atoms with Crippen LogP contribution in [-0.2, 0) is 11.2 Å². The van der Waals surface area contributed by atoms with Crippen LogP contribution in [0.25, 0.3) is 0 Å². The van der Waals surface area contributed by atoms with Crippen molar-refractivity contribution in [1.29, 1.82) is 0 Å². The number of morpholine rings is 1. The van der Waals surface area contributed by atoms with Crippen LogP contribution in [0.2, 0.25) is 0 Å². The van der Waals surface area contributed by atoms with Gasteiger partial charge in [0.2, 0.25) is 0 Å². The molecule has 0 aromatic heterocycles. The highest BCUT2D eigenvalue weighted by Crippen LogP contribution is 2.25. The molecule has 94 valence electrons. The SMILES string of the molecule is CC(N)Cc1ccccc1N1CCOCC1C. The Morgan fingerprint density at radius 3 is 2.94 bits per heavy atom. The minimum absolute atomic E-state index is 0.201. The molecule has 1 aromatic rings. The van der Waals surface area contributed by atoms with E-state index >= 15 is 0 Å². The highest BCUT2D eigenvalue weighted by Gasteiger charge is 2.21. The van der Waals surface area contributed by atoms with Gasteiger partial charge in [0.15, 0.2) is 0 Å². The average molecular weight is 234 g/mol. The monoisotopic (exact) mass is 234 g/mol. The van der Waals surface area contributed by atoms with Gasteiger partial charge in [-0.2, -0.15) is 0 Å². The van der Waals surface area contributed by atoms with Crippen molar-refractivity contribution in [3.8, 4) is 0 Å². The van der Waals surface area contributed by atoms with E-state index in [-0.39, 0.29) is 6.04 Å². The molecule has 0 spiro atoms. The van der Waals surface area contributed by atoms with Gasteiger partial charge in [0.05, 0.1) is 13.2 Å². The largest absolute Gasteiger partial charge is 0.377 e. The minimum Gasteiger partial charge on any atom is -0.377 e. The van der Waals surface area contributed by atoms with Gasteiger partial charge in [0, 0.05) is 24.3 Å². The summed E-state index contributed by atoms with van der Waals surface area (Å²) in [5.74, 6) is 0. The van der Waals surface area contributed by atoms with E-state index in [4.69, 9.17) is 10.5 Å². The number of ether oxygens (including phenoxy) is 1. The van der Waals surface area contributed by atoms with Gasteiger partial charge in [-0.1, -0.05) is 18.2 Å². The van der Waals surface area contributed by atoms with Crippen molar-refractivity contribution in [2.75, 3.05) is 24.7 Å². The molecule has 3 nitrogen and oxygen atoms in total. The van der Waals surface area contributed by atoms with Gasteiger partial charge in [-0.25, -0.2) is 0 Å². The zero-order chi connectivity index (χ0) is 12.3. The van der Waals surface area contributed by atoms with Crippen LogP contribution in [-0.4, -0.2) is 31.8 Å². The first-order chi connectivity index (χ1) is 8.18. The van der Waals surface area contributed by atoms with Crippen molar-refractivity contribution in [3.63, 3.8) is 0 Å². The summed E-state index contributed by atoms with van der Waals surface area (Å²) in [7, 11) is 0. The minimum atomic E-state index is 0.201. The Morgan fingerprint density at radius 2 is 2.24 bits per heavy atom. The van der Waals surface area contributed by atoms with E-state index in [1.165, 1.54) is 11.3 Å². The fourth-order valence-electron chi connectivity index (χ4n) is 2.40. The van der Waals surface area contributed by atoms with E-state index in [1.54, 1.807) is 0 Å². The maximum Gasteiger partial charge on any atom is 0.0668 e. The average Bonchev–Trinajstić information content (AvgIpc) is 2.30. The van der Waals surface area contributed by atoms with E-state index in [0.717, 1.165) is 26.2 Å². The molecule has 0 bridgehead atoms. The molecule has 2 unspecified atom stereocenters. The van der Waals surface area contributed by atoms with Crippen LogP contribution in [0.5, 0.6) is 0 Å². The summed E-state index contributed by atoms with van der Waals surface area (Å²) in [5, 5.41) is 0. The number of nitrogens with two attached hydrogens (primary N) is 1. The van der Waals surface area contributed by atoms with Gasteiger partial charge in [-0.3, -0.25) is 0 Å². The first kappa shape index (κ1) is 12.4. The van der Waals surface area contributed by atoms with E-state index in [9.17, 15) is 0 Å². The molecule has 1 fully saturated rings. The summed E-state index contributed by atoms with van der Waals surface area (Å²) in [6, 6.07) is 9.21. The summed E-state index contributed by atoms with van der Waals surface area (Å²) >= 11 is 0. The van der Waals surface area contributed by atoms with Crippen molar-refractivity contribution >= 4 is 5.69 Å². The second-order valence-electron chi connectivity index (χ2n) is 4.93. The highest BCUT2D eigenvalue weighted by molar-refractivity contribution is 5.55. The van der Waals surface area contributed by atoms with Crippen molar-refractivity contribution in [1.82, 2.24) is 0 Å². The summed E-state index contributed by atoms with van der Waals surface area (Å²) in [4.78, 5) is 2.43. The normalized spacial score (nSPS) is 22.5. The Balaban J connectivity index is 2.23.